The molecule has 1 N–H and O–H groups in total. The minimum Gasteiger partial charge on any atom is -0.487 e. The van der Waals surface area contributed by atoms with Gasteiger partial charge in [-0.25, -0.2) is 4.68 Å². The van der Waals surface area contributed by atoms with Crippen LogP contribution in [-0.2, 0) is 19.6 Å². The number of rotatable bonds is 9. The summed E-state index contributed by atoms with van der Waals surface area (Å²) in [6.07, 6.45) is 3.95. The number of ketones is 1. The predicted octanol–water partition coefficient (Wildman–Crippen LogP) is 3.09. The highest BCUT2D eigenvalue weighted by Crippen LogP contribution is 2.21. The maximum atomic E-state index is 12.7. The number of ether oxygens (including phenoxy) is 1. The van der Waals surface area contributed by atoms with E-state index in [4.69, 9.17) is 4.74 Å². The number of hydrogen-bond donors (Lipinski definition) is 1. The Hall–Kier alpha value is -3.29. The number of carbonyl (C=O) groups excluding carboxylic acids is 1. The van der Waals surface area contributed by atoms with Crippen LogP contribution >= 0.6 is 0 Å². The smallest absolute Gasteiger partial charge is 0.270 e. The van der Waals surface area contributed by atoms with Gasteiger partial charge in [-0.3, -0.25) is 9.59 Å². The summed E-state index contributed by atoms with van der Waals surface area (Å²) in [5.74, 6) is 0.205. The van der Waals surface area contributed by atoms with Gasteiger partial charge in [0.05, 0.1) is 11.8 Å². The summed E-state index contributed by atoms with van der Waals surface area (Å²) in [6, 6.07) is 18.6. The SMILES string of the molecule is CC1(O)CCN(CCc2ccc(C(=O)Cn3ncc(OCc4ccccc4)cc3=O)cc2)CC1. The third-order valence-corrected chi connectivity index (χ3v) is 6.31. The van der Waals surface area contributed by atoms with Crippen LogP contribution in [0.4, 0.5) is 0 Å². The van der Waals surface area contributed by atoms with Crippen molar-refractivity contribution in [2.24, 2.45) is 0 Å². The standard InChI is InChI=1S/C27H31N3O4/c1-27(33)12-15-29(16-13-27)14-11-21-7-9-23(10-8-21)25(31)19-30-26(32)17-24(18-28-30)34-20-22-5-3-2-4-6-22/h2-10,17-18,33H,11-16,19-20H2,1H3. The van der Waals surface area contributed by atoms with Crippen molar-refractivity contribution in [2.45, 2.75) is 44.9 Å². The van der Waals surface area contributed by atoms with Crippen LogP contribution in [0.3, 0.4) is 0 Å². The summed E-state index contributed by atoms with van der Waals surface area (Å²) < 4.78 is 6.78. The summed E-state index contributed by atoms with van der Waals surface area (Å²) in [5, 5.41) is 14.2. The molecule has 0 saturated carbocycles. The van der Waals surface area contributed by atoms with Crippen molar-refractivity contribution in [2.75, 3.05) is 19.6 Å². The minimum atomic E-state index is -0.537. The van der Waals surface area contributed by atoms with Gasteiger partial charge >= 0.3 is 0 Å². The molecule has 7 nitrogen and oxygen atoms in total. The van der Waals surface area contributed by atoms with Gasteiger partial charge in [-0.1, -0.05) is 54.6 Å². The van der Waals surface area contributed by atoms with Gasteiger partial charge in [0.2, 0.25) is 0 Å². The number of hydrogen-bond acceptors (Lipinski definition) is 6. The molecule has 0 aliphatic carbocycles. The topological polar surface area (TPSA) is 84.7 Å². The number of aliphatic hydroxyl groups is 1. The van der Waals surface area contributed by atoms with E-state index in [2.05, 4.69) is 10.00 Å². The summed E-state index contributed by atoms with van der Waals surface area (Å²) in [7, 11) is 0. The molecule has 1 aliphatic rings. The fourth-order valence-corrected chi connectivity index (χ4v) is 3.99. The van der Waals surface area contributed by atoms with Crippen LogP contribution in [0.25, 0.3) is 0 Å². The molecule has 1 aliphatic heterocycles. The van der Waals surface area contributed by atoms with Gasteiger partial charge in [-0.15, -0.1) is 0 Å². The molecule has 4 rings (SSSR count). The van der Waals surface area contributed by atoms with E-state index in [1.807, 2.05) is 49.4 Å². The lowest BCUT2D eigenvalue weighted by Gasteiger charge is -2.35. The van der Waals surface area contributed by atoms with E-state index in [-0.39, 0.29) is 17.9 Å². The first kappa shape index (κ1) is 23.9. The molecule has 0 bridgehead atoms. The molecular formula is C27H31N3O4. The summed E-state index contributed by atoms with van der Waals surface area (Å²) in [5.41, 5.74) is 1.79. The normalized spacial score (nSPS) is 15.7. The number of piperidine rings is 1. The van der Waals surface area contributed by atoms with Crippen molar-refractivity contribution < 1.29 is 14.6 Å². The zero-order valence-corrected chi connectivity index (χ0v) is 19.5. The van der Waals surface area contributed by atoms with E-state index in [0.29, 0.717) is 17.9 Å². The average molecular weight is 462 g/mol. The van der Waals surface area contributed by atoms with E-state index in [1.54, 1.807) is 12.1 Å². The Labute approximate surface area is 199 Å². The Morgan fingerprint density at radius 3 is 2.44 bits per heavy atom. The van der Waals surface area contributed by atoms with Crippen LogP contribution in [0.1, 0.15) is 41.3 Å². The van der Waals surface area contributed by atoms with Gasteiger partial charge in [-0.05, 0) is 37.3 Å². The number of Topliss-reactive ketones (excluding diaryl/α,β-unsaturated/α-hetero) is 1. The molecule has 0 radical (unpaired) electrons. The molecule has 3 aromatic rings. The fourth-order valence-electron chi connectivity index (χ4n) is 3.99. The molecule has 7 heteroatoms. The number of aromatic nitrogens is 2. The van der Waals surface area contributed by atoms with E-state index in [0.717, 1.165) is 54.7 Å². The molecule has 1 aromatic heterocycles. The molecule has 0 spiro atoms. The number of nitrogens with zero attached hydrogens (tertiary/aromatic N) is 3. The van der Waals surface area contributed by atoms with Crippen LogP contribution in [0.15, 0.2) is 71.7 Å². The van der Waals surface area contributed by atoms with E-state index >= 15 is 0 Å². The Morgan fingerprint density at radius 1 is 1.06 bits per heavy atom. The first-order valence-corrected chi connectivity index (χ1v) is 11.7. The van der Waals surface area contributed by atoms with Crippen molar-refractivity contribution >= 4 is 5.78 Å². The van der Waals surface area contributed by atoms with E-state index < -0.39 is 5.60 Å². The zero-order valence-electron chi connectivity index (χ0n) is 19.5. The quantitative estimate of drug-likeness (QED) is 0.493. The highest BCUT2D eigenvalue weighted by Gasteiger charge is 2.26. The molecule has 0 amide bonds. The molecule has 34 heavy (non-hydrogen) atoms. The zero-order chi connectivity index (χ0) is 24.0. The lowest BCUT2D eigenvalue weighted by Crippen LogP contribution is -2.43. The summed E-state index contributed by atoms with van der Waals surface area (Å²) in [4.78, 5) is 27.4. The molecule has 2 heterocycles. The summed E-state index contributed by atoms with van der Waals surface area (Å²) >= 11 is 0. The van der Waals surface area contributed by atoms with Gasteiger partial charge in [0, 0.05) is 31.3 Å². The molecule has 0 atom stereocenters. The second-order valence-electron chi connectivity index (χ2n) is 9.17. The minimum absolute atomic E-state index is 0.120. The van der Waals surface area contributed by atoms with Gasteiger partial charge in [0.25, 0.3) is 5.56 Å². The third-order valence-electron chi connectivity index (χ3n) is 6.31. The molecular weight excluding hydrogens is 430 g/mol. The highest BCUT2D eigenvalue weighted by molar-refractivity contribution is 5.95. The molecule has 0 unspecified atom stereocenters. The maximum Gasteiger partial charge on any atom is 0.270 e. The van der Waals surface area contributed by atoms with E-state index in [9.17, 15) is 14.7 Å². The predicted molar refractivity (Wildman–Crippen MR) is 130 cm³/mol. The largest absolute Gasteiger partial charge is 0.487 e. The fraction of sp³-hybridized carbons (Fsp3) is 0.370. The van der Waals surface area contributed by atoms with Gasteiger partial charge in [0.15, 0.2) is 5.78 Å². The Balaban J connectivity index is 1.28. The maximum absolute atomic E-state index is 12.7. The Kier molecular flexibility index (Phi) is 7.55. The van der Waals surface area contributed by atoms with Crippen molar-refractivity contribution in [1.29, 1.82) is 0 Å². The third kappa shape index (κ3) is 6.62. The Morgan fingerprint density at radius 2 is 1.76 bits per heavy atom. The van der Waals surface area contributed by atoms with Crippen LogP contribution in [0.5, 0.6) is 5.75 Å². The van der Waals surface area contributed by atoms with Gasteiger partial charge < -0.3 is 14.7 Å². The monoisotopic (exact) mass is 461 g/mol. The summed E-state index contributed by atoms with van der Waals surface area (Å²) in [6.45, 7) is 4.86. The van der Waals surface area contributed by atoms with Crippen LogP contribution in [-0.4, -0.2) is 50.8 Å². The number of likely N-dealkylation sites (tertiary alicyclic amines) is 1. The molecule has 178 valence electrons. The highest BCUT2D eigenvalue weighted by atomic mass is 16.5. The van der Waals surface area contributed by atoms with Crippen LogP contribution < -0.4 is 10.3 Å². The molecule has 1 fully saturated rings. The van der Waals surface area contributed by atoms with E-state index in [1.165, 1.54) is 12.3 Å². The average Bonchev–Trinajstić information content (AvgIpc) is 2.84. The first-order chi connectivity index (χ1) is 16.4. The second kappa shape index (κ2) is 10.8. The van der Waals surface area contributed by atoms with Crippen molar-refractivity contribution in [3.05, 3.63) is 93.9 Å². The first-order valence-electron chi connectivity index (χ1n) is 11.7. The number of benzene rings is 2. The molecule has 2 aromatic carbocycles. The lowest BCUT2D eigenvalue weighted by molar-refractivity contribution is -0.00491. The van der Waals surface area contributed by atoms with Crippen molar-refractivity contribution in [1.82, 2.24) is 14.7 Å². The lowest BCUT2D eigenvalue weighted by atomic mass is 9.93. The second-order valence-corrected chi connectivity index (χ2v) is 9.17. The van der Waals surface area contributed by atoms with Crippen LogP contribution in [0.2, 0.25) is 0 Å². The van der Waals surface area contributed by atoms with Gasteiger partial charge in [-0.2, -0.15) is 5.10 Å². The van der Waals surface area contributed by atoms with Crippen LogP contribution in [0, 0.1) is 0 Å². The van der Waals surface area contributed by atoms with Crippen molar-refractivity contribution in [3.8, 4) is 5.75 Å². The Bertz CT molecular complexity index is 1150. The molecule has 1 saturated heterocycles. The van der Waals surface area contributed by atoms with Gasteiger partial charge in [0.1, 0.15) is 18.9 Å². The number of carbonyl (C=O) groups is 1. The van der Waals surface area contributed by atoms with Crippen molar-refractivity contribution in [3.63, 3.8) is 0 Å².